The maximum Gasteiger partial charge on any atom is 0.338 e. The zero-order valence-corrected chi connectivity index (χ0v) is 16.0. The molecule has 6 rings (SSSR count). The molecule has 3 heterocycles. The SMILES string of the molecule is CC12OC3[C@H](OC(=O)c4ccccc4)[C@H](O1)C(O)[C@H](O2)[C@H]3OC(=O)c1ccccc1. The standard InChI is InChI=1S/C22H20O8/c1-22-28-15-14(23)16(29-22)18(27-21(25)13-10-6-3-7-11-13)19(30-22)17(15)26-20(24)12-8-4-2-5-9-12/h2-11,14-19,23H,1H3/t14?,15-,16+,17-,18-,19?,22?/m1/s1. The van der Waals surface area contributed by atoms with Crippen molar-refractivity contribution in [3.8, 4) is 0 Å². The van der Waals surface area contributed by atoms with E-state index in [-0.39, 0.29) is 0 Å². The number of esters is 2. The van der Waals surface area contributed by atoms with Crippen molar-refractivity contribution in [1.82, 2.24) is 0 Å². The Morgan fingerprint density at radius 1 is 0.767 bits per heavy atom. The van der Waals surface area contributed by atoms with Crippen molar-refractivity contribution < 1.29 is 38.4 Å². The largest absolute Gasteiger partial charge is 0.453 e. The highest BCUT2D eigenvalue weighted by atomic mass is 16.9. The molecule has 0 radical (unpaired) electrons. The van der Waals surface area contributed by atoms with E-state index in [9.17, 15) is 14.7 Å². The maximum absolute atomic E-state index is 12.6. The summed E-state index contributed by atoms with van der Waals surface area (Å²) in [6, 6.07) is 16.9. The van der Waals surface area contributed by atoms with Crippen LogP contribution in [0.4, 0.5) is 0 Å². The molecule has 3 aliphatic heterocycles. The first-order chi connectivity index (χ1) is 14.5. The van der Waals surface area contributed by atoms with E-state index in [2.05, 4.69) is 0 Å². The first-order valence-electron chi connectivity index (χ1n) is 9.69. The summed E-state index contributed by atoms with van der Waals surface area (Å²) in [5.74, 6) is -2.59. The van der Waals surface area contributed by atoms with Gasteiger partial charge in [0.25, 0.3) is 5.97 Å². The van der Waals surface area contributed by atoms with Gasteiger partial charge in [0, 0.05) is 6.92 Å². The van der Waals surface area contributed by atoms with E-state index in [1.165, 1.54) is 0 Å². The summed E-state index contributed by atoms with van der Waals surface area (Å²) in [4.78, 5) is 25.2. The van der Waals surface area contributed by atoms with Crippen LogP contribution in [-0.2, 0) is 23.7 Å². The topological polar surface area (TPSA) is 101 Å². The van der Waals surface area contributed by atoms with Crippen molar-refractivity contribution in [2.75, 3.05) is 0 Å². The van der Waals surface area contributed by atoms with Gasteiger partial charge in [-0.15, -0.1) is 0 Å². The number of benzene rings is 2. The second-order valence-corrected chi connectivity index (χ2v) is 7.57. The molecule has 30 heavy (non-hydrogen) atoms. The fourth-order valence-electron chi connectivity index (χ4n) is 4.17. The van der Waals surface area contributed by atoms with Crippen molar-refractivity contribution in [2.45, 2.75) is 49.5 Å². The van der Waals surface area contributed by atoms with Crippen LogP contribution in [0.15, 0.2) is 60.7 Å². The van der Waals surface area contributed by atoms with Gasteiger partial charge >= 0.3 is 11.9 Å². The van der Waals surface area contributed by atoms with Crippen LogP contribution in [0, 0.1) is 0 Å². The van der Waals surface area contributed by atoms with Gasteiger partial charge in [0.2, 0.25) is 0 Å². The molecule has 4 fully saturated rings. The van der Waals surface area contributed by atoms with Gasteiger partial charge in [-0.25, -0.2) is 9.59 Å². The molecule has 1 saturated carbocycles. The second-order valence-electron chi connectivity index (χ2n) is 7.57. The molecule has 3 unspecified atom stereocenters. The van der Waals surface area contributed by atoms with Crippen molar-refractivity contribution in [2.24, 2.45) is 0 Å². The van der Waals surface area contributed by atoms with E-state index in [1.54, 1.807) is 67.6 Å². The molecule has 1 aliphatic carbocycles. The number of carbonyl (C=O) groups excluding carboxylic acids is 2. The maximum atomic E-state index is 12.6. The summed E-state index contributed by atoms with van der Waals surface area (Å²) in [6.45, 7) is 1.57. The van der Waals surface area contributed by atoms with E-state index < -0.39 is 54.5 Å². The lowest BCUT2D eigenvalue weighted by Gasteiger charge is -2.60. The molecular formula is C22H20O8. The monoisotopic (exact) mass is 412 g/mol. The van der Waals surface area contributed by atoms with Gasteiger partial charge in [-0.1, -0.05) is 36.4 Å². The summed E-state index contributed by atoms with van der Waals surface area (Å²) >= 11 is 0. The number of carbonyl (C=O) groups is 2. The van der Waals surface area contributed by atoms with Crippen molar-refractivity contribution in [1.29, 1.82) is 0 Å². The molecule has 4 bridgehead atoms. The van der Waals surface area contributed by atoms with Crippen LogP contribution in [0.3, 0.4) is 0 Å². The van der Waals surface area contributed by atoms with Crippen LogP contribution in [0.25, 0.3) is 0 Å². The van der Waals surface area contributed by atoms with Crippen molar-refractivity contribution >= 4 is 11.9 Å². The number of aliphatic hydroxyl groups excluding tert-OH is 1. The van der Waals surface area contributed by atoms with Crippen LogP contribution in [0.5, 0.6) is 0 Å². The van der Waals surface area contributed by atoms with Gasteiger partial charge < -0.3 is 28.8 Å². The number of rotatable bonds is 4. The molecule has 0 amide bonds. The molecule has 0 spiro atoms. The first kappa shape index (κ1) is 19.2. The Balaban J connectivity index is 1.41. The molecule has 4 aliphatic rings. The van der Waals surface area contributed by atoms with Crippen LogP contribution in [-0.4, -0.2) is 59.6 Å². The molecule has 2 aromatic rings. The summed E-state index contributed by atoms with van der Waals surface area (Å²) in [5, 5.41) is 10.8. The third-order valence-corrected chi connectivity index (χ3v) is 5.52. The van der Waals surface area contributed by atoms with E-state index in [1.807, 2.05) is 0 Å². The Hall–Kier alpha value is -2.78. The van der Waals surface area contributed by atoms with Crippen molar-refractivity contribution in [3.05, 3.63) is 71.8 Å². The minimum absolute atomic E-state index is 0.348. The summed E-state index contributed by atoms with van der Waals surface area (Å²) in [5.41, 5.74) is 0.696. The fourth-order valence-corrected chi connectivity index (χ4v) is 4.17. The van der Waals surface area contributed by atoms with E-state index >= 15 is 0 Å². The molecular weight excluding hydrogens is 392 g/mol. The van der Waals surface area contributed by atoms with Crippen LogP contribution in [0.2, 0.25) is 0 Å². The minimum atomic E-state index is -1.41. The smallest absolute Gasteiger partial charge is 0.338 e. The molecule has 3 saturated heterocycles. The normalized spacial score (nSPS) is 36.3. The highest BCUT2D eigenvalue weighted by molar-refractivity contribution is 5.90. The number of ether oxygens (including phenoxy) is 5. The average Bonchev–Trinajstić information content (AvgIpc) is 2.76. The Labute approximate surface area is 172 Å². The van der Waals surface area contributed by atoms with Gasteiger partial charge in [0.05, 0.1) is 11.1 Å². The van der Waals surface area contributed by atoms with Crippen molar-refractivity contribution in [3.63, 3.8) is 0 Å². The van der Waals surface area contributed by atoms with Crippen LogP contribution in [0.1, 0.15) is 27.6 Å². The lowest BCUT2D eigenvalue weighted by atomic mass is 9.81. The van der Waals surface area contributed by atoms with E-state index in [0.717, 1.165) is 0 Å². The van der Waals surface area contributed by atoms with E-state index in [4.69, 9.17) is 23.7 Å². The lowest BCUT2D eigenvalue weighted by molar-refractivity contribution is -0.529. The fraction of sp³-hybridized carbons (Fsp3) is 0.364. The molecule has 0 aromatic heterocycles. The number of hydrogen-bond donors (Lipinski definition) is 1. The molecule has 8 nitrogen and oxygen atoms in total. The predicted molar refractivity (Wildman–Crippen MR) is 100 cm³/mol. The molecule has 7 atom stereocenters. The summed E-state index contributed by atoms with van der Waals surface area (Å²) in [7, 11) is 0. The van der Waals surface area contributed by atoms with Gasteiger partial charge in [-0.05, 0) is 24.3 Å². The zero-order chi connectivity index (χ0) is 20.9. The molecule has 8 heteroatoms. The van der Waals surface area contributed by atoms with E-state index in [0.29, 0.717) is 11.1 Å². The highest BCUT2D eigenvalue weighted by Crippen LogP contribution is 2.47. The Kier molecular flexibility index (Phi) is 4.59. The molecule has 156 valence electrons. The Bertz CT molecular complexity index is 875. The van der Waals surface area contributed by atoms with Gasteiger partial charge in [0.1, 0.15) is 24.4 Å². The zero-order valence-electron chi connectivity index (χ0n) is 16.0. The Morgan fingerprint density at radius 3 is 1.60 bits per heavy atom. The average molecular weight is 412 g/mol. The van der Waals surface area contributed by atoms with Gasteiger partial charge in [-0.3, -0.25) is 0 Å². The lowest BCUT2D eigenvalue weighted by Crippen LogP contribution is -2.79. The molecule has 2 aromatic carbocycles. The highest BCUT2D eigenvalue weighted by Gasteiger charge is 2.68. The third kappa shape index (κ3) is 3.18. The number of aliphatic hydroxyl groups is 1. The van der Waals surface area contributed by atoms with Crippen LogP contribution >= 0.6 is 0 Å². The summed E-state index contributed by atoms with van der Waals surface area (Å²) in [6.07, 6.45) is -5.71. The third-order valence-electron chi connectivity index (χ3n) is 5.52. The Morgan fingerprint density at radius 2 is 1.17 bits per heavy atom. The first-order valence-corrected chi connectivity index (χ1v) is 9.69. The number of hydrogen-bond acceptors (Lipinski definition) is 8. The quantitative estimate of drug-likeness (QED) is 0.757. The van der Waals surface area contributed by atoms with Gasteiger partial charge in [0.15, 0.2) is 12.2 Å². The van der Waals surface area contributed by atoms with Gasteiger partial charge in [-0.2, -0.15) is 0 Å². The molecule has 1 N–H and O–H groups in total. The van der Waals surface area contributed by atoms with Crippen LogP contribution < -0.4 is 0 Å². The predicted octanol–water partition coefficient (Wildman–Crippen LogP) is 1.67. The minimum Gasteiger partial charge on any atom is -0.453 e. The summed E-state index contributed by atoms with van der Waals surface area (Å²) < 4.78 is 28.5. The second kappa shape index (κ2) is 7.17.